The van der Waals surface area contributed by atoms with Crippen LogP contribution in [0.5, 0.6) is 5.75 Å². The highest BCUT2D eigenvalue weighted by molar-refractivity contribution is 5.80. The van der Waals surface area contributed by atoms with E-state index in [1.54, 1.807) is 31.0 Å². The number of methoxy groups -OCH3 is 1. The van der Waals surface area contributed by atoms with Crippen molar-refractivity contribution in [2.45, 2.75) is 6.54 Å². The molecule has 2 aromatic heterocycles. The van der Waals surface area contributed by atoms with Gasteiger partial charge in [0.2, 0.25) is 5.95 Å². The first-order valence-electron chi connectivity index (χ1n) is 8.18. The summed E-state index contributed by atoms with van der Waals surface area (Å²) in [5, 5.41) is 4.18. The average molecular weight is 368 g/mol. The third kappa shape index (κ3) is 3.26. The van der Waals surface area contributed by atoms with Crippen molar-refractivity contribution < 1.29 is 4.74 Å². The highest BCUT2D eigenvalue weighted by Crippen LogP contribution is 2.16. The number of hydrazone groups is 1. The number of hydrogen-bond acceptors (Lipinski definition) is 6. The summed E-state index contributed by atoms with van der Waals surface area (Å²) in [4.78, 5) is 29.0. The predicted octanol–water partition coefficient (Wildman–Crippen LogP) is 1.07. The number of anilines is 1. The number of aryl methyl sites for hydroxylation is 1. The maximum atomic E-state index is 12.5. The molecule has 140 valence electrons. The standard InChI is InChI=1S/C18H20N6O3/c1-5-10-24-14-15(22(2)18(26)23(3)16(14)25)20-17(24)21-19-11-12-6-8-13(27-4)9-7-12/h5-9,11H,1,10H2,2-4H3,(H,20,21). The topological polar surface area (TPSA) is 95.4 Å². The van der Waals surface area contributed by atoms with E-state index < -0.39 is 11.2 Å². The lowest BCUT2D eigenvalue weighted by molar-refractivity contribution is 0.415. The number of imidazole rings is 1. The number of allylic oxidation sites excluding steroid dienone is 1. The largest absolute Gasteiger partial charge is 0.497 e. The van der Waals surface area contributed by atoms with Crippen LogP contribution in [0.2, 0.25) is 0 Å². The summed E-state index contributed by atoms with van der Waals surface area (Å²) >= 11 is 0. The number of fused-ring (bicyclic) bond motifs is 1. The van der Waals surface area contributed by atoms with Crippen LogP contribution in [-0.2, 0) is 20.6 Å². The summed E-state index contributed by atoms with van der Waals surface area (Å²) in [6.45, 7) is 4.05. The van der Waals surface area contributed by atoms with Gasteiger partial charge in [0.05, 0.1) is 13.3 Å². The van der Waals surface area contributed by atoms with E-state index in [0.717, 1.165) is 15.9 Å². The van der Waals surface area contributed by atoms with Gasteiger partial charge in [-0.25, -0.2) is 10.2 Å². The van der Waals surface area contributed by atoms with E-state index in [2.05, 4.69) is 22.1 Å². The molecule has 1 N–H and O–H groups in total. The molecule has 0 radical (unpaired) electrons. The van der Waals surface area contributed by atoms with Gasteiger partial charge in [0.1, 0.15) is 5.75 Å². The molecule has 9 heteroatoms. The maximum absolute atomic E-state index is 12.5. The Morgan fingerprint density at radius 3 is 2.56 bits per heavy atom. The van der Waals surface area contributed by atoms with Gasteiger partial charge < -0.3 is 4.74 Å². The molecule has 27 heavy (non-hydrogen) atoms. The Hall–Kier alpha value is -3.62. The van der Waals surface area contributed by atoms with Crippen LogP contribution in [0, 0.1) is 0 Å². The van der Waals surface area contributed by atoms with Gasteiger partial charge in [-0.3, -0.25) is 18.5 Å². The van der Waals surface area contributed by atoms with E-state index >= 15 is 0 Å². The number of benzene rings is 1. The molecule has 0 aliphatic heterocycles. The zero-order valence-electron chi connectivity index (χ0n) is 15.3. The minimum atomic E-state index is -0.441. The number of nitrogens with one attached hydrogen (secondary N) is 1. The molecule has 1 aromatic carbocycles. The van der Waals surface area contributed by atoms with E-state index in [0.29, 0.717) is 18.0 Å². The van der Waals surface area contributed by atoms with Crippen LogP contribution in [0.15, 0.2) is 51.6 Å². The summed E-state index contributed by atoms with van der Waals surface area (Å²) in [7, 11) is 4.61. The number of rotatable bonds is 6. The first-order chi connectivity index (χ1) is 13.0. The molecule has 3 rings (SSSR count). The molecule has 3 aromatic rings. The van der Waals surface area contributed by atoms with E-state index in [-0.39, 0.29) is 5.65 Å². The Labute approximate surface area is 154 Å². The van der Waals surface area contributed by atoms with Crippen LogP contribution in [0.4, 0.5) is 5.95 Å². The van der Waals surface area contributed by atoms with Crippen LogP contribution < -0.4 is 21.4 Å². The molecular formula is C18H20N6O3. The molecule has 0 saturated carbocycles. The smallest absolute Gasteiger partial charge is 0.332 e. The second-order valence-electron chi connectivity index (χ2n) is 5.86. The van der Waals surface area contributed by atoms with Gasteiger partial charge in [-0.1, -0.05) is 6.08 Å². The Balaban J connectivity index is 2.01. The zero-order chi connectivity index (χ0) is 19.6. The molecule has 0 spiro atoms. The summed E-state index contributed by atoms with van der Waals surface area (Å²) in [6, 6.07) is 7.37. The van der Waals surface area contributed by atoms with E-state index in [1.165, 1.54) is 11.6 Å². The van der Waals surface area contributed by atoms with Crippen molar-refractivity contribution in [2.24, 2.45) is 19.2 Å². The Morgan fingerprint density at radius 1 is 1.22 bits per heavy atom. The molecule has 0 fully saturated rings. The first kappa shape index (κ1) is 18.2. The quantitative estimate of drug-likeness (QED) is 0.399. The molecule has 0 aliphatic rings. The van der Waals surface area contributed by atoms with Gasteiger partial charge in [0, 0.05) is 20.6 Å². The highest BCUT2D eigenvalue weighted by atomic mass is 16.5. The van der Waals surface area contributed by atoms with Crippen molar-refractivity contribution in [3.8, 4) is 5.75 Å². The lowest BCUT2D eigenvalue weighted by Crippen LogP contribution is -2.37. The molecule has 2 heterocycles. The summed E-state index contributed by atoms with van der Waals surface area (Å²) in [6.07, 6.45) is 3.26. The molecule has 0 bridgehead atoms. The molecular weight excluding hydrogens is 348 g/mol. The molecule has 0 unspecified atom stereocenters. The lowest BCUT2D eigenvalue weighted by Gasteiger charge is -2.06. The molecule has 0 atom stereocenters. The minimum absolute atomic E-state index is 0.284. The molecule has 9 nitrogen and oxygen atoms in total. The highest BCUT2D eigenvalue weighted by Gasteiger charge is 2.18. The van der Waals surface area contributed by atoms with Gasteiger partial charge in [0.25, 0.3) is 5.56 Å². The van der Waals surface area contributed by atoms with Crippen LogP contribution in [0.25, 0.3) is 11.2 Å². The fraction of sp³-hybridized carbons (Fsp3) is 0.222. The van der Waals surface area contributed by atoms with E-state index in [4.69, 9.17) is 4.74 Å². The van der Waals surface area contributed by atoms with Crippen LogP contribution >= 0.6 is 0 Å². The first-order valence-corrected chi connectivity index (χ1v) is 8.18. The number of nitrogens with zero attached hydrogens (tertiary/aromatic N) is 5. The monoisotopic (exact) mass is 368 g/mol. The fourth-order valence-corrected chi connectivity index (χ4v) is 2.69. The van der Waals surface area contributed by atoms with Crippen LogP contribution in [-0.4, -0.2) is 32.0 Å². The van der Waals surface area contributed by atoms with Gasteiger partial charge in [0.15, 0.2) is 11.2 Å². The van der Waals surface area contributed by atoms with Crippen LogP contribution in [0.3, 0.4) is 0 Å². The van der Waals surface area contributed by atoms with Crippen LogP contribution in [0.1, 0.15) is 5.56 Å². The third-order valence-corrected chi connectivity index (χ3v) is 4.15. The van der Waals surface area contributed by atoms with Crippen molar-refractivity contribution in [3.63, 3.8) is 0 Å². The van der Waals surface area contributed by atoms with E-state index in [1.807, 2.05) is 24.3 Å². The Bertz CT molecular complexity index is 1140. The fourth-order valence-electron chi connectivity index (χ4n) is 2.69. The minimum Gasteiger partial charge on any atom is -0.497 e. The third-order valence-electron chi connectivity index (χ3n) is 4.15. The van der Waals surface area contributed by atoms with Crippen molar-refractivity contribution >= 4 is 23.3 Å². The van der Waals surface area contributed by atoms with Crippen molar-refractivity contribution in [2.75, 3.05) is 12.5 Å². The second kappa shape index (κ2) is 7.32. The van der Waals surface area contributed by atoms with Crippen molar-refractivity contribution in [1.82, 2.24) is 18.7 Å². The summed E-state index contributed by atoms with van der Waals surface area (Å²) in [5.74, 6) is 1.10. The Kier molecular flexibility index (Phi) is 4.93. The van der Waals surface area contributed by atoms with Gasteiger partial charge >= 0.3 is 5.69 Å². The Morgan fingerprint density at radius 2 is 1.93 bits per heavy atom. The predicted molar refractivity (Wildman–Crippen MR) is 105 cm³/mol. The number of hydrogen-bond donors (Lipinski definition) is 1. The maximum Gasteiger partial charge on any atom is 0.332 e. The number of aromatic nitrogens is 4. The zero-order valence-corrected chi connectivity index (χ0v) is 15.3. The number of ether oxygens (including phenoxy) is 1. The molecule has 0 saturated heterocycles. The van der Waals surface area contributed by atoms with Gasteiger partial charge in [-0.15, -0.1) is 6.58 Å². The molecule has 0 amide bonds. The van der Waals surface area contributed by atoms with Crippen molar-refractivity contribution in [1.29, 1.82) is 0 Å². The second-order valence-corrected chi connectivity index (χ2v) is 5.86. The SMILES string of the molecule is C=CCn1c(NN=Cc2ccc(OC)cc2)nc2c1c(=O)n(C)c(=O)n2C. The molecule has 0 aliphatic carbocycles. The summed E-state index contributed by atoms with van der Waals surface area (Å²) in [5.41, 5.74) is 3.43. The van der Waals surface area contributed by atoms with E-state index in [9.17, 15) is 9.59 Å². The van der Waals surface area contributed by atoms with Crippen molar-refractivity contribution in [3.05, 3.63) is 63.3 Å². The van der Waals surface area contributed by atoms with Gasteiger partial charge in [-0.05, 0) is 29.8 Å². The summed E-state index contributed by atoms with van der Waals surface area (Å²) < 4.78 is 9.13. The lowest BCUT2D eigenvalue weighted by atomic mass is 10.2. The average Bonchev–Trinajstić information content (AvgIpc) is 3.04. The normalized spacial score (nSPS) is 11.2. The van der Waals surface area contributed by atoms with Gasteiger partial charge in [-0.2, -0.15) is 10.1 Å².